The zero-order valence-electron chi connectivity index (χ0n) is 11.1. The van der Waals surface area contributed by atoms with E-state index in [-0.39, 0.29) is 11.5 Å². The maximum absolute atomic E-state index is 13.7. The molecule has 0 aromatic heterocycles. The van der Waals surface area contributed by atoms with Crippen LogP contribution in [0.5, 0.6) is 0 Å². The summed E-state index contributed by atoms with van der Waals surface area (Å²) in [5.74, 6) is -1.96. The van der Waals surface area contributed by atoms with E-state index in [1.807, 2.05) is 0 Å². The highest BCUT2D eigenvalue weighted by Gasteiger charge is 2.33. The molecule has 1 N–H and O–H groups in total. The monoisotopic (exact) mass is 254 g/mol. The van der Waals surface area contributed by atoms with Gasteiger partial charge in [0.1, 0.15) is 5.82 Å². The van der Waals surface area contributed by atoms with Crippen LogP contribution < -0.4 is 0 Å². The smallest absolute Gasteiger partial charge is 0.311 e. The Morgan fingerprint density at radius 3 is 2.50 bits per heavy atom. The molecule has 0 saturated heterocycles. The van der Waals surface area contributed by atoms with Gasteiger partial charge in [-0.05, 0) is 18.9 Å². The van der Waals surface area contributed by atoms with Gasteiger partial charge in [0, 0.05) is 5.56 Å². The number of carbonyl (C=O) groups excluding carboxylic acids is 1. The third-order valence-electron chi connectivity index (χ3n) is 3.00. The number of aliphatic hydroxyl groups is 1. The third kappa shape index (κ3) is 3.07. The molecular weight excluding hydrogens is 235 g/mol. The Balaban J connectivity index is 3.13. The minimum absolute atomic E-state index is 0.138. The second-order valence-electron chi connectivity index (χ2n) is 4.76. The molecule has 100 valence electrons. The molecule has 2 unspecified atom stereocenters. The molecule has 2 atom stereocenters. The summed E-state index contributed by atoms with van der Waals surface area (Å²) in [5.41, 5.74) is 0.969. The second-order valence-corrected chi connectivity index (χ2v) is 4.76. The van der Waals surface area contributed by atoms with E-state index in [1.54, 1.807) is 32.9 Å². The Bertz CT molecular complexity index is 429. The van der Waals surface area contributed by atoms with Gasteiger partial charge in [-0.15, -0.1) is 0 Å². The normalized spacial score (nSPS) is 14.4. The fraction of sp³-hybridized carbons (Fsp3) is 0.500. The zero-order valence-corrected chi connectivity index (χ0v) is 11.1. The van der Waals surface area contributed by atoms with Crippen LogP contribution in [0.2, 0.25) is 0 Å². The molecule has 0 radical (unpaired) electrons. The van der Waals surface area contributed by atoms with Crippen LogP contribution in [-0.4, -0.2) is 18.2 Å². The van der Waals surface area contributed by atoms with Crippen LogP contribution in [-0.2, 0) is 9.53 Å². The van der Waals surface area contributed by atoms with E-state index in [2.05, 4.69) is 4.74 Å². The van der Waals surface area contributed by atoms with Crippen molar-refractivity contribution in [3.05, 3.63) is 35.1 Å². The van der Waals surface area contributed by atoms with Gasteiger partial charge in [0.15, 0.2) is 0 Å². The summed E-state index contributed by atoms with van der Waals surface area (Å²) in [6.45, 7) is 5.38. The molecule has 0 spiro atoms. The van der Waals surface area contributed by atoms with E-state index >= 15 is 0 Å². The second kappa shape index (κ2) is 5.96. The molecule has 0 aliphatic rings. The lowest BCUT2D eigenvalue weighted by Gasteiger charge is -2.24. The van der Waals surface area contributed by atoms with Gasteiger partial charge in [-0.3, -0.25) is 4.79 Å². The number of aliphatic hydroxyl groups excluding tert-OH is 1. The van der Waals surface area contributed by atoms with Crippen molar-refractivity contribution in [2.24, 2.45) is 11.8 Å². The lowest BCUT2D eigenvalue weighted by molar-refractivity contribution is -0.152. The molecule has 1 rings (SSSR count). The Kier molecular flexibility index (Phi) is 4.84. The van der Waals surface area contributed by atoms with Gasteiger partial charge in [0.25, 0.3) is 0 Å². The van der Waals surface area contributed by atoms with Gasteiger partial charge in [0.05, 0.1) is 19.1 Å². The van der Waals surface area contributed by atoms with Crippen LogP contribution in [0, 0.1) is 24.6 Å². The topological polar surface area (TPSA) is 46.5 Å². The highest BCUT2D eigenvalue weighted by atomic mass is 19.1. The first kappa shape index (κ1) is 14.6. The number of esters is 1. The van der Waals surface area contributed by atoms with Crippen LogP contribution in [0.25, 0.3) is 0 Å². The van der Waals surface area contributed by atoms with Crippen molar-refractivity contribution in [3.8, 4) is 0 Å². The average molecular weight is 254 g/mol. The van der Waals surface area contributed by atoms with Crippen molar-refractivity contribution >= 4 is 5.97 Å². The maximum atomic E-state index is 13.7. The first-order valence-electron chi connectivity index (χ1n) is 5.90. The molecule has 0 amide bonds. The largest absolute Gasteiger partial charge is 0.469 e. The molecule has 0 bridgehead atoms. The lowest BCUT2D eigenvalue weighted by Crippen LogP contribution is -2.28. The zero-order chi connectivity index (χ0) is 13.9. The highest BCUT2D eigenvalue weighted by Crippen LogP contribution is 2.31. The van der Waals surface area contributed by atoms with Gasteiger partial charge in [0.2, 0.25) is 0 Å². The molecular formula is C14H19FO3. The molecule has 0 aliphatic heterocycles. The Morgan fingerprint density at radius 2 is 2.00 bits per heavy atom. The fourth-order valence-corrected chi connectivity index (χ4v) is 1.99. The number of hydrogen-bond acceptors (Lipinski definition) is 3. The lowest BCUT2D eigenvalue weighted by atomic mass is 9.86. The molecule has 3 nitrogen and oxygen atoms in total. The number of methoxy groups -OCH3 is 1. The summed E-state index contributed by atoms with van der Waals surface area (Å²) in [7, 11) is 1.26. The summed E-state index contributed by atoms with van der Waals surface area (Å²) >= 11 is 0. The van der Waals surface area contributed by atoms with Crippen molar-refractivity contribution < 1.29 is 19.0 Å². The van der Waals surface area contributed by atoms with Gasteiger partial charge >= 0.3 is 5.97 Å². The van der Waals surface area contributed by atoms with E-state index < -0.39 is 23.8 Å². The molecule has 18 heavy (non-hydrogen) atoms. The Labute approximate surface area is 107 Å². The highest BCUT2D eigenvalue weighted by molar-refractivity contribution is 5.73. The molecule has 0 saturated carbocycles. The Morgan fingerprint density at radius 1 is 1.39 bits per heavy atom. The number of halogens is 1. The number of rotatable bonds is 4. The van der Waals surface area contributed by atoms with Crippen LogP contribution >= 0.6 is 0 Å². The summed E-state index contributed by atoms with van der Waals surface area (Å²) in [5, 5.41) is 10.2. The van der Waals surface area contributed by atoms with E-state index in [4.69, 9.17) is 0 Å². The average Bonchev–Trinajstić information content (AvgIpc) is 2.31. The minimum Gasteiger partial charge on any atom is -0.469 e. The van der Waals surface area contributed by atoms with Crippen LogP contribution in [0.1, 0.15) is 31.1 Å². The predicted molar refractivity (Wildman–Crippen MR) is 66.4 cm³/mol. The van der Waals surface area contributed by atoms with Crippen molar-refractivity contribution in [2.45, 2.75) is 26.9 Å². The van der Waals surface area contributed by atoms with Crippen LogP contribution in [0.3, 0.4) is 0 Å². The number of benzene rings is 1. The summed E-state index contributed by atoms with van der Waals surface area (Å²) in [6.07, 6.45) is -1.20. The standard InChI is InChI=1S/C14H19FO3/c1-8(2)12(14(17)18-4)13(16)10-7-9(3)5-6-11(10)15/h5-8,12-13,16H,1-4H3. The first-order chi connectivity index (χ1) is 8.38. The number of hydrogen-bond donors (Lipinski definition) is 1. The maximum Gasteiger partial charge on any atom is 0.311 e. The summed E-state index contributed by atoms with van der Waals surface area (Å²) in [6, 6.07) is 4.47. The predicted octanol–water partition coefficient (Wildman–Crippen LogP) is 2.61. The van der Waals surface area contributed by atoms with Crippen LogP contribution in [0.4, 0.5) is 4.39 Å². The minimum atomic E-state index is -1.20. The van der Waals surface area contributed by atoms with Gasteiger partial charge in [-0.25, -0.2) is 4.39 Å². The molecule has 0 aliphatic carbocycles. The molecule has 4 heteroatoms. The van der Waals surface area contributed by atoms with Crippen LogP contribution in [0.15, 0.2) is 18.2 Å². The number of aryl methyl sites for hydroxylation is 1. The SMILES string of the molecule is COC(=O)C(C(C)C)C(O)c1cc(C)ccc1F. The fourth-order valence-electron chi connectivity index (χ4n) is 1.99. The molecule has 0 fully saturated rings. The summed E-state index contributed by atoms with van der Waals surface area (Å²) < 4.78 is 18.4. The van der Waals surface area contributed by atoms with E-state index in [1.165, 1.54) is 13.2 Å². The van der Waals surface area contributed by atoms with Gasteiger partial charge in [-0.2, -0.15) is 0 Å². The van der Waals surface area contributed by atoms with Gasteiger partial charge in [-0.1, -0.05) is 31.5 Å². The molecule has 0 heterocycles. The van der Waals surface area contributed by atoms with Crippen molar-refractivity contribution in [2.75, 3.05) is 7.11 Å². The van der Waals surface area contributed by atoms with Crippen molar-refractivity contribution in [1.82, 2.24) is 0 Å². The van der Waals surface area contributed by atoms with Crippen molar-refractivity contribution in [1.29, 1.82) is 0 Å². The molecule has 1 aromatic carbocycles. The molecule has 1 aromatic rings. The van der Waals surface area contributed by atoms with Crippen molar-refractivity contribution in [3.63, 3.8) is 0 Å². The van der Waals surface area contributed by atoms with E-state index in [0.29, 0.717) is 0 Å². The summed E-state index contributed by atoms with van der Waals surface area (Å²) in [4.78, 5) is 11.7. The number of carbonyl (C=O) groups is 1. The van der Waals surface area contributed by atoms with Gasteiger partial charge < -0.3 is 9.84 Å². The third-order valence-corrected chi connectivity index (χ3v) is 3.00. The number of ether oxygens (including phenoxy) is 1. The quantitative estimate of drug-likeness (QED) is 0.840. The first-order valence-corrected chi connectivity index (χ1v) is 5.90. The van der Waals surface area contributed by atoms with E-state index in [0.717, 1.165) is 5.56 Å². The Hall–Kier alpha value is -1.42. The van der Waals surface area contributed by atoms with E-state index in [9.17, 15) is 14.3 Å².